The summed E-state index contributed by atoms with van der Waals surface area (Å²) in [4.78, 5) is 38.3. The number of carbonyl (C=O) groups is 3. The number of anilines is 1. The molecule has 2 aliphatic rings. The van der Waals surface area contributed by atoms with Crippen LogP contribution in [0.25, 0.3) is 0 Å². The fourth-order valence-corrected chi connectivity index (χ4v) is 3.69. The monoisotopic (exact) mass is 333 g/mol. The number of hydrogen-bond acceptors (Lipinski definition) is 4. The largest absolute Gasteiger partial charge is 0.325 e. The third-order valence-corrected chi connectivity index (χ3v) is 5.07. The van der Waals surface area contributed by atoms with Crippen LogP contribution in [0.15, 0.2) is 6.07 Å². The van der Waals surface area contributed by atoms with E-state index in [1.807, 2.05) is 13.8 Å². The topological polar surface area (TPSA) is 96.3 Å². The minimum absolute atomic E-state index is 0.0792. The zero-order chi connectivity index (χ0) is 17.5. The Morgan fingerprint density at radius 2 is 2.21 bits per heavy atom. The molecule has 2 N–H and O–H groups in total. The predicted molar refractivity (Wildman–Crippen MR) is 87.2 cm³/mol. The van der Waals surface area contributed by atoms with Crippen LogP contribution < -0.4 is 10.6 Å². The van der Waals surface area contributed by atoms with Crippen molar-refractivity contribution in [1.29, 1.82) is 0 Å². The average molecular weight is 333 g/mol. The van der Waals surface area contributed by atoms with Gasteiger partial charge in [0.05, 0.1) is 5.69 Å². The molecule has 8 nitrogen and oxygen atoms in total. The minimum Gasteiger partial charge on any atom is -0.323 e. The number of imide groups is 1. The van der Waals surface area contributed by atoms with E-state index in [0.717, 1.165) is 29.9 Å². The maximum absolute atomic E-state index is 12.8. The first kappa shape index (κ1) is 16.5. The summed E-state index contributed by atoms with van der Waals surface area (Å²) in [5, 5.41) is 9.68. The molecule has 1 aromatic rings. The van der Waals surface area contributed by atoms with Crippen LogP contribution in [0.4, 0.5) is 10.6 Å². The lowest BCUT2D eigenvalue weighted by Gasteiger charge is -2.36. The molecule has 24 heavy (non-hydrogen) atoms. The van der Waals surface area contributed by atoms with Crippen LogP contribution in [-0.4, -0.2) is 44.6 Å². The lowest BCUT2D eigenvalue weighted by Crippen LogP contribution is -2.54. The van der Waals surface area contributed by atoms with Gasteiger partial charge in [0.25, 0.3) is 5.91 Å². The van der Waals surface area contributed by atoms with E-state index in [9.17, 15) is 14.4 Å². The predicted octanol–water partition coefficient (Wildman–Crippen LogP) is 1.17. The molecule has 4 amide bonds. The van der Waals surface area contributed by atoms with Crippen LogP contribution in [0, 0.1) is 12.8 Å². The van der Waals surface area contributed by atoms with E-state index in [4.69, 9.17) is 0 Å². The number of carbonyl (C=O) groups excluding carboxylic acids is 3. The summed E-state index contributed by atoms with van der Waals surface area (Å²) >= 11 is 0. The normalized spacial score (nSPS) is 26.8. The van der Waals surface area contributed by atoms with Crippen LogP contribution in [0.1, 0.15) is 38.3 Å². The van der Waals surface area contributed by atoms with Gasteiger partial charge in [-0.05, 0) is 25.7 Å². The fourth-order valence-electron chi connectivity index (χ4n) is 3.69. The summed E-state index contributed by atoms with van der Waals surface area (Å²) in [6, 6.07) is 1.25. The Hall–Kier alpha value is -2.38. The molecule has 130 valence electrons. The van der Waals surface area contributed by atoms with Crippen molar-refractivity contribution in [2.24, 2.45) is 13.0 Å². The van der Waals surface area contributed by atoms with Crippen molar-refractivity contribution in [2.75, 3.05) is 11.9 Å². The second kappa shape index (κ2) is 5.92. The van der Waals surface area contributed by atoms with Crippen LogP contribution in [0.5, 0.6) is 0 Å². The SMILES string of the molecule is Cc1cc(NC(=O)CN2C(=O)NC3(CCCCC3C)C2=O)n(C)n1. The molecule has 3 rings (SSSR count). The van der Waals surface area contributed by atoms with Crippen molar-refractivity contribution >= 4 is 23.7 Å². The quantitative estimate of drug-likeness (QED) is 0.812. The molecule has 0 aromatic carbocycles. The number of amides is 4. The Kier molecular flexibility index (Phi) is 4.06. The van der Waals surface area contributed by atoms with Gasteiger partial charge in [-0.2, -0.15) is 5.10 Å². The Labute approximate surface area is 140 Å². The lowest BCUT2D eigenvalue weighted by molar-refractivity contribution is -0.136. The molecule has 1 aliphatic heterocycles. The van der Waals surface area contributed by atoms with Gasteiger partial charge < -0.3 is 10.6 Å². The number of aryl methyl sites for hydroxylation is 2. The van der Waals surface area contributed by atoms with Crippen molar-refractivity contribution in [2.45, 2.75) is 45.1 Å². The molecule has 1 aliphatic carbocycles. The van der Waals surface area contributed by atoms with Gasteiger partial charge in [-0.15, -0.1) is 0 Å². The highest BCUT2D eigenvalue weighted by Gasteiger charge is 2.55. The molecule has 2 heterocycles. The third-order valence-electron chi connectivity index (χ3n) is 5.07. The van der Waals surface area contributed by atoms with Crippen molar-refractivity contribution < 1.29 is 14.4 Å². The van der Waals surface area contributed by atoms with Gasteiger partial charge in [-0.3, -0.25) is 19.2 Å². The fraction of sp³-hybridized carbons (Fsp3) is 0.625. The van der Waals surface area contributed by atoms with Gasteiger partial charge in [0.1, 0.15) is 17.9 Å². The van der Waals surface area contributed by atoms with Crippen molar-refractivity contribution in [3.63, 3.8) is 0 Å². The van der Waals surface area contributed by atoms with Crippen LogP contribution in [0.2, 0.25) is 0 Å². The second-order valence-electron chi connectivity index (χ2n) is 6.78. The van der Waals surface area contributed by atoms with Crippen LogP contribution in [0.3, 0.4) is 0 Å². The number of rotatable bonds is 3. The number of nitrogens with one attached hydrogen (secondary N) is 2. The Morgan fingerprint density at radius 1 is 1.46 bits per heavy atom. The van der Waals surface area contributed by atoms with E-state index < -0.39 is 17.5 Å². The summed E-state index contributed by atoms with van der Waals surface area (Å²) in [5.41, 5.74) is -0.0589. The van der Waals surface area contributed by atoms with Crippen LogP contribution in [-0.2, 0) is 16.6 Å². The molecule has 8 heteroatoms. The summed E-state index contributed by atoms with van der Waals surface area (Å²) in [6.45, 7) is 3.52. The highest BCUT2D eigenvalue weighted by atomic mass is 16.2. The van der Waals surface area contributed by atoms with E-state index in [1.165, 1.54) is 0 Å². The molecular weight excluding hydrogens is 310 g/mol. The highest BCUT2D eigenvalue weighted by Crippen LogP contribution is 2.38. The average Bonchev–Trinajstić information content (AvgIpc) is 2.94. The van der Waals surface area contributed by atoms with E-state index >= 15 is 0 Å². The van der Waals surface area contributed by atoms with Crippen molar-refractivity contribution in [3.8, 4) is 0 Å². The Bertz CT molecular complexity index is 698. The minimum atomic E-state index is -0.835. The zero-order valence-electron chi connectivity index (χ0n) is 14.3. The number of aromatic nitrogens is 2. The van der Waals surface area contributed by atoms with E-state index in [0.29, 0.717) is 12.2 Å². The summed E-state index contributed by atoms with van der Waals surface area (Å²) < 4.78 is 1.55. The first-order valence-corrected chi connectivity index (χ1v) is 8.28. The molecule has 1 saturated carbocycles. The van der Waals surface area contributed by atoms with Crippen LogP contribution >= 0.6 is 0 Å². The van der Waals surface area contributed by atoms with E-state index in [-0.39, 0.29) is 18.4 Å². The number of urea groups is 1. The van der Waals surface area contributed by atoms with Crippen molar-refractivity contribution in [1.82, 2.24) is 20.0 Å². The van der Waals surface area contributed by atoms with Gasteiger partial charge in [0.15, 0.2) is 0 Å². The molecule has 2 fully saturated rings. The highest BCUT2D eigenvalue weighted by molar-refractivity contribution is 6.10. The molecule has 2 atom stereocenters. The number of hydrogen-bond donors (Lipinski definition) is 2. The van der Waals surface area contributed by atoms with E-state index in [2.05, 4.69) is 15.7 Å². The molecule has 1 aromatic heterocycles. The van der Waals surface area contributed by atoms with Gasteiger partial charge in [0.2, 0.25) is 5.91 Å². The first-order chi connectivity index (χ1) is 11.3. The van der Waals surface area contributed by atoms with Gasteiger partial charge in [-0.25, -0.2) is 4.79 Å². The maximum atomic E-state index is 12.8. The summed E-state index contributed by atoms with van der Waals surface area (Å²) in [7, 11) is 1.72. The maximum Gasteiger partial charge on any atom is 0.325 e. The van der Waals surface area contributed by atoms with E-state index in [1.54, 1.807) is 17.8 Å². The van der Waals surface area contributed by atoms with Gasteiger partial charge in [0, 0.05) is 13.1 Å². The van der Waals surface area contributed by atoms with Gasteiger partial charge in [-0.1, -0.05) is 19.8 Å². The molecule has 1 saturated heterocycles. The third kappa shape index (κ3) is 2.65. The van der Waals surface area contributed by atoms with Crippen molar-refractivity contribution in [3.05, 3.63) is 11.8 Å². The Balaban J connectivity index is 1.71. The van der Waals surface area contributed by atoms with Gasteiger partial charge >= 0.3 is 6.03 Å². The standard InChI is InChI=1S/C16H23N5O3/c1-10-6-4-5-7-16(10)14(23)21(15(24)18-16)9-13(22)17-12-8-11(2)19-20(12)3/h8,10H,4-7,9H2,1-3H3,(H,17,22)(H,18,24). The molecular formula is C16H23N5O3. The lowest BCUT2D eigenvalue weighted by atomic mass is 9.73. The first-order valence-electron chi connectivity index (χ1n) is 8.28. The smallest absolute Gasteiger partial charge is 0.323 e. The molecule has 2 unspecified atom stereocenters. The number of nitrogens with zero attached hydrogens (tertiary/aromatic N) is 3. The zero-order valence-corrected chi connectivity index (χ0v) is 14.3. The summed E-state index contributed by atoms with van der Waals surface area (Å²) in [6.07, 6.45) is 3.51. The molecule has 0 radical (unpaired) electrons. The second-order valence-corrected chi connectivity index (χ2v) is 6.78. The summed E-state index contributed by atoms with van der Waals surface area (Å²) in [5.74, 6) is -0.0844. The molecule has 0 bridgehead atoms. The molecule has 1 spiro atoms. The Morgan fingerprint density at radius 3 is 2.83 bits per heavy atom.